The molecule has 114 valence electrons. The van der Waals surface area contributed by atoms with Gasteiger partial charge in [-0.05, 0) is 53.9 Å². The summed E-state index contributed by atoms with van der Waals surface area (Å²) < 4.78 is 0. The van der Waals surface area contributed by atoms with Crippen molar-refractivity contribution in [3.8, 4) is 0 Å². The van der Waals surface area contributed by atoms with Gasteiger partial charge in [0.15, 0.2) is 0 Å². The Balaban J connectivity index is 1.13. The van der Waals surface area contributed by atoms with Crippen molar-refractivity contribution in [2.75, 3.05) is 6.61 Å². The van der Waals surface area contributed by atoms with E-state index < -0.39 is 0 Å². The maximum absolute atomic E-state index is 5.35. The second-order valence-electron chi connectivity index (χ2n) is 7.26. The zero-order valence-electron chi connectivity index (χ0n) is 12.7. The predicted octanol–water partition coefficient (Wildman–Crippen LogP) is 4.15. The Bertz CT molecular complexity index is 618. The molecule has 0 aliphatic heterocycles. The molecule has 4 aliphatic rings. The number of benzene rings is 1. The Labute approximate surface area is 131 Å². The molecule has 1 aromatic carbocycles. The molecule has 2 bridgehead atoms. The average molecular weight is 294 g/mol. The SMILES string of the molecule is C1=CC2C(C1)C1CC2C2/C(=C\COOCc3ccccc3)C12. The molecule has 4 aliphatic carbocycles. The van der Waals surface area contributed by atoms with Gasteiger partial charge in [0.1, 0.15) is 13.2 Å². The van der Waals surface area contributed by atoms with Crippen LogP contribution in [0.25, 0.3) is 0 Å². The molecule has 5 rings (SSSR count). The largest absolute Gasteiger partial charge is 0.232 e. The van der Waals surface area contributed by atoms with E-state index in [-0.39, 0.29) is 0 Å². The fourth-order valence-electron chi connectivity index (χ4n) is 5.55. The lowest BCUT2D eigenvalue weighted by Crippen LogP contribution is -2.18. The van der Waals surface area contributed by atoms with E-state index in [4.69, 9.17) is 9.78 Å². The third kappa shape index (κ3) is 1.94. The quantitative estimate of drug-likeness (QED) is 0.351. The summed E-state index contributed by atoms with van der Waals surface area (Å²) in [6.07, 6.45) is 10.0. The van der Waals surface area contributed by atoms with Crippen molar-refractivity contribution in [2.24, 2.45) is 35.5 Å². The normalized spacial score (nSPS) is 41.9. The third-order valence-corrected chi connectivity index (χ3v) is 6.36. The molecule has 0 aromatic heterocycles. The molecule has 0 heterocycles. The van der Waals surface area contributed by atoms with Gasteiger partial charge in [0.25, 0.3) is 0 Å². The summed E-state index contributed by atoms with van der Waals surface area (Å²) in [4.78, 5) is 10.7. The first-order valence-corrected chi connectivity index (χ1v) is 8.58. The van der Waals surface area contributed by atoms with Crippen molar-refractivity contribution >= 4 is 0 Å². The summed E-state index contributed by atoms with van der Waals surface area (Å²) in [5, 5.41) is 0. The summed E-state index contributed by atoms with van der Waals surface area (Å²) in [7, 11) is 0. The third-order valence-electron chi connectivity index (χ3n) is 6.36. The highest BCUT2D eigenvalue weighted by molar-refractivity contribution is 5.40. The fraction of sp³-hybridized carbons (Fsp3) is 0.500. The Morgan fingerprint density at radius 2 is 1.86 bits per heavy atom. The van der Waals surface area contributed by atoms with Gasteiger partial charge in [0.05, 0.1) is 0 Å². The standard InChI is InChI=1S/C20H22O2/c1-2-5-13(6-3-1)12-22-21-10-9-16-19-17-11-18(20(16)19)15-8-4-7-14(15)17/h1-7,9,14-15,17-20H,8,10-12H2/b16-9+. The molecule has 0 N–H and O–H groups in total. The van der Waals surface area contributed by atoms with Crippen LogP contribution < -0.4 is 0 Å². The lowest BCUT2D eigenvalue weighted by atomic mass is 9.82. The van der Waals surface area contributed by atoms with Gasteiger partial charge in [0.2, 0.25) is 0 Å². The van der Waals surface area contributed by atoms with Gasteiger partial charge in [-0.25, -0.2) is 9.78 Å². The first kappa shape index (κ1) is 13.1. The summed E-state index contributed by atoms with van der Waals surface area (Å²) in [6.45, 7) is 1.12. The van der Waals surface area contributed by atoms with E-state index >= 15 is 0 Å². The monoisotopic (exact) mass is 294 g/mol. The molecular formula is C20H22O2. The van der Waals surface area contributed by atoms with E-state index in [1.54, 1.807) is 5.57 Å². The van der Waals surface area contributed by atoms with Crippen LogP contribution in [0.3, 0.4) is 0 Å². The molecule has 3 saturated carbocycles. The van der Waals surface area contributed by atoms with Crippen molar-refractivity contribution in [3.05, 3.63) is 59.7 Å². The van der Waals surface area contributed by atoms with Gasteiger partial charge >= 0.3 is 0 Å². The number of hydrogen-bond acceptors (Lipinski definition) is 2. The maximum atomic E-state index is 5.35. The van der Waals surface area contributed by atoms with Crippen LogP contribution in [0.2, 0.25) is 0 Å². The van der Waals surface area contributed by atoms with Gasteiger partial charge in [0, 0.05) is 0 Å². The summed E-state index contributed by atoms with van der Waals surface area (Å²) in [5.74, 6) is 5.54. The van der Waals surface area contributed by atoms with E-state index in [0.29, 0.717) is 13.2 Å². The zero-order valence-corrected chi connectivity index (χ0v) is 12.7. The van der Waals surface area contributed by atoms with E-state index in [0.717, 1.165) is 41.1 Å². The number of fused-ring (bicyclic) bond motifs is 8. The second kappa shape index (κ2) is 5.07. The average Bonchev–Trinajstić information content (AvgIpc) is 2.93. The molecule has 3 fully saturated rings. The summed E-state index contributed by atoms with van der Waals surface area (Å²) in [6, 6.07) is 10.2. The van der Waals surface area contributed by atoms with Crippen molar-refractivity contribution < 1.29 is 9.78 Å². The summed E-state index contributed by atoms with van der Waals surface area (Å²) >= 11 is 0. The number of hydrogen-bond donors (Lipinski definition) is 0. The van der Waals surface area contributed by atoms with Crippen LogP contribution in [0.5, 0.6) is 0 Å². The lowest BCUT2D eigenvalue weighted by molar-refractivity contribution is -0.295. The van der Waals surface area contributed by atoms with Gasteiger partial charge in [-0.15, -0.1) is 0 Å². The second-order valence-corrected chi connectivity index (χ2v) is 7.26. The Morgan fingerprint density at radius 1 is 1.00 bits per heavy atom. The Kier molecular flexibility index (Phi) is 3.02. The molecule has 2 nitrogen and oxygen atoms in total. The zero-order chi connectivity index (χ0) is 14.5. The molecule has 0 saturated heterocycles. The van der Waals surface area contributed by atoms with E-state index in [1.165, 1.54) is 12.8 Å². The minimum Gasteiger partial charge on any atom is -0.232 e. The van der Waals surface area contributed by atoms with E-state index in [2.05, 4.69) is 30.4 Å². The first-order chi connectivity index (χ1) is 10.9. The molecule has 22 heavy (non-hydrogen) atoms. The molecule has 0 spiro atoms. The lowest BCUT2D eigenvalue weighted by Gasteiger charge is -2.22. The van der Waals surface area contributed by atoms with Crippen LogP contribution in [0.15, 0.2) is 54.1 Å². The highest BCUT2D eigenvalue weighted by Gasteiger charge is 2.67. The predicted molar refractivity (Wildman–Crippen MR) is 84.6 cm³/mol. The van der Waals surface area contributed by atoms with Crippen LogP contribution >= 0.6 is 0 Å². The van der Waals surface area contributed by atoms with Crippen LogP contribution in [0, 0.1) is 35.5 Å². The highest BCUT2D eigenvalue weighted by atomic mass is 17.2. The van der Waals surface area contributed by atoms with E-state index in [1.807, 2.05) is 18.2 Å². The van der Waals surface area contributed by atoms with Crippen molar-refractivity contribution in [1.29, 1.82) is 0 Å². The molecule has 6 unspecified atom stereocenters. The first-order valence-electron chi connectivity index (χ1n) is 8.58. The molecule has 0 amide bonds. The van der Waals surface area contributed by atoms with Gasteiger partial charge < -0.3 is 0 Å². The fourth-order valence-corrected chi connectivity index (χ4v) is 5.55. The smallest absolute Gasteiger partial charge is 0.107 e. The van der Waals surface area contributed by atoms with Gasteiger partial charge in [-0.1, -0.05) is 54.1 Å². The molecule has 6 atom stereocenters. The van der Waals surface area contributed by atoms with Crippen LogP contribution in [0.1, 0.15) is 18.4 Å². The van der Waals surface area contributed by atoms with Crippen LogP contribution in [-0.2, 0) is 16.4 Å². The maximum Gasteiger partial charge on any atom is 0.107 e. The van der Waals surface area contributed by atoms with Crippen molar-refractivity contribution in [3.63, 3.8) is 0 Å². The molecule has 0 radical (unpaired) electrons. The van der Waals surface area contributed by atoms with Crippen LogP contribution in [0.4, 0.5) is 0 Å². The Morgan fingerprint density at radius 3 is 2.77 bits per heavy atom. The van der Waals surface area contributed by atoms with Crippen molar-refractivity contribution in [2.45, 2.75) is 19.4 Å². The minimum absolute atomic E-state index is 0.525. The highest BCUT2D eigenvalue weighted by Crippen LogP contribution is 2.74. The molecule has 1 aromatic rings. The van der Waals surface area contributed by atoms with Crippen LogP contribution in [-0.4, -0.2) is 6.61 Å². The molecular weight excluding hydrogens is 272 g/mol. The van der Waals surface area contributed by atoms with Gasteiger partial charge in [-0.2, -0.15) is 0 Å². The topological polar surface area (TPSA) is 18.5 Å². The minimum atomic E-state index is 0.525. The van der Waals surface area contributed by atoms with Gasteiger partial charge in [-0.3, -0.25) is 0 Å². The number of rotatable bonds is 5. The van der Waals surface area contributed by atoms with Crippen molar-refractivity contribution in [1.82, 2.24) is 0 Å². The Hall–Kier alpha value is -1.38. The number of allylic oxidation sites excluding steroid dienone is 3. The molecule has 2 heteroatoms. The van der Waals surface area contributed by atoms with E-state index in [9.17, 15) is 0 Å². The summed E-state index contributed by atoms with van der Waals surface area (Å²) in [5.41, 5.74) is 2.82.